The Balaban J connectivity index is 0.774. The molecule has 1 saturated carbocycles. The van der Waals surface area contributed by atoms with Crippen LogP contribution in [0.3, 0.4) is 0 Å². The van der Waals surface area contributed by atoms with Gasteiger partial charge in [-0.25, -0.2) is 9.37 Å². The molecule has 19 heteroatoms. The second kappa shape index (κ2) is 20.4. The minimum atomic E-state index is -0.886. The van der Waals surface area contributed by atoms with Gasteiger partial charge in [-0.05, 0) is 87.1 Å². The van der Waals surface area contributed by atoms with E-state index in [0.29, 0.717) is 46.4 Å². The Kier molecular flexibility index (Phi) is 13.9. The number of aliphatic hydroxyl groups excluding tert-OH is 1. The lowest BCUT2D eigenvalue weighted by Gasteiger charge is -2.36. The molecule has 5 atom stereocenters. The van der Waals surface area contributed by atoms with Crippen LogP contribution in [0.1, 0.15) is 109 Å². The summed E-state index contributed by atoms with van der Waals surface area (Å²) in [6.45, 7) is 13.7. The van der Waals surface area contributed by atoms with Gasteiger partial charge in [0.15, 0.2) is 5.82 Å². The number of aliphatic imine (C=N–C) groups is 1. The van der Waals surface area contributed by atoms with Crippen molar-refractivity contribution < 1.29 is 28.6 Å². The molecule has 0 bridgehead atoms. The lowest BCUT2D eigenvalue weighted by Crippen LogP contribution is -2.49. The molecule has 2 fully saturated rings. The summed E-state index contributed by atoms with van der Waals surface area (Å²) in [5.41, 5.74) is 9.55. The van der Waals surface area contributed by atoms with Crippen molar-refractivity contribution in [3.63, 3.8) is 0 Å². The second-order valence-electron chi connectivity index (χ2n) is 19.7. The summed E-state index contributed by atoms with van der Waals surface area (Å²) in [7, 11) is 0. The van der Waals surface area contributed by atoms with E-state index in [2.05, 4.69) is 44.8 Å². The Hall–Kier alpha value is -6.60. The average Bonchev–Trinajstić information content (AvgIpc) is 4.19. The van der Waals surface area contributed by atoms with Crippen LogP contribution in [-0.2, 0) is 14.4 Å². The van der Waals surface area contributed by atoms with E-state index in [1.165, 1.54) is 17.0 Å². The third-order valence-corrected chi connectivity index (χ3v) is 16.5. The molecule has 0 radical (unpaired) electrons. The maximum absolute atomic E-state index is 15.3. The Morgan fingerprint density at radius 2 is 1.67 bits per heavy atom. The highest BCUT2D eigenvalue weighted by molar-refractivity contribution is 7.15. The topological polar surface area (TPSA) is 182 Å². The maximum Gasteiger partial charge on any atom is 0.248 e. The van der Waals surface area contributed by atoms with Crippen molar-refractivity contribution in [2.75, 3.05) is 6.54 Å². The van der Waals surface area contributed by atoms with Crippen LogP contribution in [0.4, 0.5) is 4.39 Å². The fraction of sp³-hybridized carbons (Fsp3) is 0.370. The molecule has 3 aliphatic rings. The molecule has 2 aliphatic heterocycles. The van der Waals surface area contributed by atoms with E-state index in [1.54, 1.807) is 45.8 Å². The number of thiophene rings is 1. The number of amides is 3. The predicted molar refractivity (Wildman–Crippen MR) is 280 cm³/mol. The molecule has 7 aromatic rings. The van der Waals surface area contributed by atoms with Crippen LogP contribution in [-0.4, -0.2) is 93.8 Å². The number of β-amino-alcohol motifs (C(OH)–C–C–N with tert-alkyl or cyclic N) is 1. The molecule has 3 amide bonds. The van der Waals surface area contributed by atoms with Crippen LogP contribution in [0.2, 0.25) is 5.02 Å². The van der Waals surface area contributed by atoms with Gasteiger partial charge in [0.25, 0.3) is 0 Å². The van der Waals surface area contributed by atoms with Crippen LogP contribution in [0.25, 0.3) is 26.6 Å². The Morgan fingerprint density at radius 3 is 2.38 bits per heavy atom. The van der Waals surface area contributed by atoms with Crippen molar-refractivity contribution in [3.8, 4) is 32.3 Å². The monoisotopic (exact) mass is 1040 g/mol. The number of aliphatic hydroxyl groups is 1. The molecule has 378 valence electrons. The van der Waals surface area contributed by atoms with Gasteiger partial charge < -0.3 is 25.4 Å². The summed E-state index contributed by atoms with van der Waals surface area (Å²) in [5.74, 6) is -0.0168. The molecule has 1 saturated heterocycles. The van der Waals surface area contributed by atoms with Gasteiger partial charge in [-0.2, -0.15) is 5.10 Å². The van der Waals surface area contributed by atoms with Crippen molar-refractivity contribution in [3.05, 3.63) is 140 Å². The van der Waals surface area contributed by atoms with E-state index in [1.807, 2.05) is 93.2 Å². The fourth-order valence-electron chi connectivity index (χ4n) is 10.1. The highest BCUT2D eigenvalue weighted by atomic mass is 35.5. The van der Waals surface area contributed by atoms with Crippen molar-refractivity contribution in [1.29, 1.82) is 0 Å². The highest BCUT2D eigenvalue weighted by Gasteiger charge is 2.43. The molecule has 3 N–H and O–H groups in total. The lowest BCUT2D eigenvalue weighted by atomic mass is 9.89. The molecule has 0 spiro atoms. The largest absolute Gasteiger partial charge is 0.490 e. The highest BCUT2D eigenvalue weighted by Crippen LogP contribution is 2.40. The molecule has 3 aromatic carbocycles. The van der Waals surface area contributed by atoms with Crippen molar-refractivity contribution in [2.45, 2.75) is 117 Å². The molecule has 1 unspecified atom stereocenters. The molecule has 4 aromatic heterocycles. The second-order valence-corrected chi connectivity index (χ2v) is 22.2. The standard InChI is InChI=1S/C54H56ClFN10O5S2/c1-27(2)49(53(70)64-25-41(67)21-45(64)52(69)59-29(4)33-8-10-35(11-9-33)50-30(5)57-26-72-50)65-24-37(23-58-65)36-16-39(56)18-42(17-36)71-43-19-40(20-43)60-46(68)22-44-51-63-62-32(7)66(51)54-47(28(3)31(6)73-54)48(61-44)34-12-14-38(55)15-13-34/h8-18,23-24,26-27,29,40-41,43-45,49,67H,19-22,25H2,1-7H3,(H,59,69)(H,60,68)/t29-,40?,41+,43?,44-,45-,49?/m0/s1. The molecular formula is C54H56ClFN10O5S2. The third-order valence-electron chi connectivity index (χ3n) is 14.1. The quantitative estimate of drug-likeness (QED) is 0.0956. The zero-order chi connectivity index (χ0) is 51.4. The van der Waals surface area contributed by atoms with E-state index in [-0.39, 0.29) is 61.2 Å². The van der Waals surface area contributed by atoms with Crippen molar-refractivity contribution in [2.24, 2.45) is 10.9 Å². The number of aryl methyl sites for hydroxylation is 3. The van der Waals surface area contributed by atoms with Crippen LogP contribution in [0.5, 0.6) is 5.75 Å². The Bertz CT molecular complexity index is 3250. The number of rotatable bonds is 14. The number of hydrogen-bond donors (Lipinski definition) is 3. The van der Waals surface area contributed by atoms with Gasteiger partial charge in [-0.15, -0.1) is 32.9 Å². The first-order valence-electron chi connectivity index (χ1n) is 24.5. The molecule has 10 rings (SSSR count). The average molecular weight is 1040 g/mol. The zero-order valence-corrected chi connectivity index (χ0v) is 43.9. The first-order valence-corrected chi connectivity index (χ1v) is 26.5. The fourth-order valence-corrected chi connectivity index (χ4v) is 12.2. The summed E-state index contributed by atoms with van der Waals surface area (Å²) in [5, 5.41) is 32.1. The molecule has 6 heterocycles. The molecule has 1 aliphatic carbocycles. The van der Waals surface area contributed by atoms with Crippen molar-refractivity contribution in [1.82, 2.24) is 45.1 Å². The number of nitrogens with zero attached hydrogens (tertiary/aromatic N) is 8. The normalized spacial score (nSPS) is 20.1. The van der Waals surface area contributed by atoms with Gasteiger partial charge in [-0.1, -0.05) is 61.8 Å². The zero-order valence-electron chi connectivity index (χ0n) is 41.5. The van der Waals surface area contributed by atoms with Crippen LogP contribution >= 0.6 is 34.3 Å². The Morgan fingerprint density at radius 1 is 0.932 bits per heavy atom. The van der Waals surface area contributed by atoms with Gasteiger partial charge >= 0.3 is 0 Å². The van der Waals surface area contributed by atoms with E-state index in [4.69, 9.17) is 21.3 Å². The van der Waals surface area contributed by atoms with Crippen LogP contribution in [0, 0.1) is 39.4 Å². The minimum Gasteiger partial charge on any atom is -0.490 e. The van der Waals surface area contributed by atoms with E-state index >= 15 is 4.39 Å². The smallest absolute Gasteiger partial charge is 0.248 e. The molecule has 15 nitrogen and oxygen atoms in total. The molecule has 73 heavy (non-hydrogen) atoms. The van der Waals surface area contributed by atoms with Gasteiger partial charge in [-0.3, -0.25) is 28.6 Å². The first kappa shape index (κ1) is 50.0. The summed E-state index contributed by atoms with van der Waals surface area (Å²) in [6.07, 6.45) is 3.32. The summed E-state index contributed by atoms with van der Waals surface area (Å²) >= 11 is 9.50. The number of carbonyl (C=O) groups excluding carboxylic acids is 3. The maximum atomic E-state index is 15.3. The van der Waals surface area contributed by atoms with Gasteiger partial charge in [0.1, 0.15) is 46.6 Å². The Labute approximate surface area is 435 Å². The van der Waals surface area contributed by atoms with Gasteiger partial charge in [0.05, 0.1) is 46.6 Å². The van der Waals surface area contributed by atoms with Gasteiger partial charge in [0, 0.05) is 70.7 Å². The SMILES string of the molecule is Cc1ncsc1-c1ccc([C@H](C)NC(=O)[C@@H]2C[C@@H](O)CN2C(=O)C(C(C)C)n2cc(-c3cc(F)cc(OC4CC(NC(=O)C[C@@H]5N=C(c6ccc(Cl)cc6)c6c(sc(C)c6C)-n6c(C)nnc65)C4)c3)cn2)cc1. The minimum absolute atomic E-state index is 0.00256. The number of ether oxygens (including phenoxy) is 1. The predicted octanol–water partition coefficient (Wildman–Crippen LogP) is 9.39. The van der Waals surface area contributed by atoms with E-state index in [0.717, 1.165) is 54.0 Å². The number of fused-ring (bicyclic) bond motifs is 3. The van der Waals surface area contributed by atoms with Gasteiger partial charge in [0.2, 0.25) is 17.7 Å². The number of halogens is 2. The van der Waals surface area contributed by atoms with Crippen molar-refractivity contribution >= 4 is 57.7 Å². The summed E-state index contributed by atoms with van der Waals surface area (Å²) in [4.78, 5) is 55.3. The van der Waals surface area contributed by atoms with E-state index < -0.39 is 30.0 Å². The third kappa shape index (κ3) is 10.1. The number of aromatic nitrogens is 6. The number of thiazole rings is 1. The number of carbonyl (C=O) groups is 3. The summed E-state index contributed by atoms with van der Waals surface area (Å²) in [6, 6.07) is 17.1. The number of hydrogen-bond acceptors (Lipinski definition) is 12. The number of nitrogens with one attached hydrogen (secondary N) is 2. The number of likely N-dealkylation sites (tertiary alicyclic amines) is 1. The van der Waals surface area contributed by atoms with Crippen LogP contribution in [0.15, 0.2) is 89.6 Å². The number of benzene rings is 3. The lowest BCUT2D eigenvalue weighted by molar-refractivity contribution is -0.142. The molecular weight excluding hydrogens is 987 g/mol. The van der Waals surface area contributed by atoms with E-state index in [9.17, 15) is 19.5 Å². The van der Waals surface area contributed by atoms with Crippen LogP contribution < -0.4 is 15.4 Å². The summed E-state index contributed by atoms with van der Waals surface area (Å²) < 4.78 is 25.1. The first-order chi connectivity index (χ1) is 35.0.